The summed E-state index contributed by atoms with van der Waals surface area (Å²) in [5.74, 6) is 0.851. The van der Waals surface area contributed by atoms with Crippen LogP contribution in [-0.4, -0.2) is 19.6 Å². The minimum atomic E-state index is -0.228. The summed E-state index contributed by atoms with van der Waals surface area (Å²) in [6.45, 7) is 31.8. The maximum atomic E-state index is 12.7. The Morgan fingerprint density at radius 1 is 0.444 bits per heavy atom. The van der Waals surface area contributed by atoms with Crippen LogP contribution >= 0.6 is 0 Å². The SMILES string of the molecule is CC(C)(C)c1cc(-c2cc(-c3ccc(C(C)(C)C(C)(C)C)cc3)ccn2)[c-]c(-c2cccc3c2nc(-c2cc(C(C)(C)C)cc(-c4ccccc4)c2O)n3-c2ccc(C(C)(C)C)cc2-c2ccccc2)c1.[Pt]. The van der Waals surface area contributed by atoms with Crippen molar-refractivity contribution < 1.29 is 26.2 Å². The molecule has 1 N–H and O–H groups in total. The molecule has 2 aromatic heterocycles. The Labute approximate surface area is 443 Å². The number of nitrogens with zero attached hydrogens (tertiary/aromatic N) is 3. The van der Waals surface area contributed by atoms with Gasteiger partial charge in [-0.2, -0.15) is 0 Å². The Kier molecular flexibility index (Phi) is 13.9. The minimum Gasteiger partial charge on any atom is -0.507 e. The zero-order valence-corrected chi connectivity index (χ0v) is 47.0. The molecule has 370 valence electrons. The van der Waals surface area contributed by atoms with Crippen LogP contribution in [0.3, 0.4) is 0 Å². The summed E-state index contributed by atoms with van der Waals surface area (Å²) < 4.78 is 2.28. The second-order valence-corrected chi connectivity index (χ2v) is 24.2. The summed E-state index contributed by atoms with van der Waals surface area (Å²) >= 11 is 0. The van der Waals surface area contributed by atoms with Gasteiger partial charge in [0.15, 0.2) is 0 Å². The van der Waals surface area contributed by atoms with E-state index in [0.29, 0.717) is 11.4 Å². The predicted molar refractivity (Wildman–Crippen MR) is 301 cm³/mol. The first-order chi connectivity index (χ1) is 33.4. The molecule has 4 nitrogen and oxygen atoms in total. The van der Waals surface area contributed by atoms with Gasteiger partial charge in [0.25, 0.3) is 0 Å². The summed E-state index contributed by atoms with van der Waals surface area (Å²) in [7, 11) is 0. The number of benzene rings is 7. The number of hydrogen-bond acceptors (Lipinski definition) is 3. The normalized spacial score (nSPS) is 12.5. The van der Waals surface area contributed by atoms with E-state index < -0.39 is 0 Å². The van der Waals surface area contributed by atoms with Gasteiger partial charge >= 0.3 is 0 Å². The average Bonchev–Trinajstić information content (AvgIpc) is 3.72. The number of fused-ring (bicyclic) bond motifs is 1. The van der Waals surface area contributed by atoms with E-state index in [1.807, 2.05) is 24.4 Å². The Balaban J connectivity index is 0.00000693. The van der Waals surface area contributed by atoms with E-state index in [2.05, 4.69) is 247 Å². The van der Waals surface area contributed by atoms with E-state index in [-0.39, 0.29) is 53.9 Å². The van der Waals surface area contributed by atoms with Crippen LogP contribution in [0.1, 0.15) is 119 Å². The molecule has 0 aliphatic carbocycles. The average molecular weight is 1130 g/mol. The van der Waals surface area contributed by atoms with Gasteiger partial charge in [0.2, 0.25) is 0 Å². The van der Waals surface area contributed by atoms with Crippen molar-refractivity contribution in [2.24, 2.45) is 5.41 Å². The molecule has 9 rings (SSSR count). The molecule has 0 fully saturated rings. The monoisotopic (exact) mass is 1130 g/mol. The second kappa shape index (κ2) is 19.2. The fourth-order valence-electron chi connectivity index (χ4n) is 9.42. The third kappa shape index (κ3) is 10.1. The molecular formula is C67H70N3OPt-. The first-order valence-electron chi connectivity index (χ1n) is 25.2. The van der Waals surface area contributed by atoms with Crippen molar-refractivity contribution in [3.8, 4) is 78.6 Å². The molecule has 72 heavy (non-hydrogen) atoms. The number of hydrogen-bond donors (Lipinski definition) is 1. The summed E-state index contributed by atoms with van der Waals surface area (Å²) in [4.78, 5) is 10.7. The molecule has 0 atom stereocenters. The number of para-hydroxylation sites is 1. The molecule has 0 aliphatic rings. The first kappa shape index (κ1) is 52.0. The van der Waals surface area contributed by atoms with Gasteiger partial charge in [0, 0.05) is 44.1 Å². The van der Waals surface area contributed by atoms with Crippen molar-refractivity contribution in [1.29, 1.82) is 0 Å². The number of aromatic hydroxyl groups is 1. The van der Waals surface area contributed by atoms with Crippen molar-refractivity contribution in [2.45, 2.75) is 119 Å². The molecule has 0 saturated heterocycles. The van der Waals surface area contributed by atoms with Crippen molar-refractivity contribution in [2.75, 3.05) is 0 Å². The number of pyridine rings is 1. The van der Waals surface area contributed by atoms with E-state index in [1.165, 1.54) is 16.7 Å². The fraction of sp³-hybridized carbons (Fsp3) is 0.284. The summed E-state index contributed by atoms with van der Waals surface area (Å²) in [6.07, 6.45) is 1.92. The van der Waals surface area contributed by atoms with Crippen LogP contribution < -0.4 is 0 Å². The molecule has 0 aliphatic heterocycles. The molecule has 9 aromatic rings. The van der Waals surface area contributed by atoms with Gasteiger partial charge in [-0.3, -0.25) is 9.55 Å². The van der Waals surface area contributed by atoms with E-state index in [4.69, 9.17) is 9.97 Å². The van der Waals surface area contributed by atoms with Crippen molar-refractivity contribution in [3.05, 3.63) is 192 Å². The summed E-state index contributed by atoms with van der Waals surface area (Å²) in [5.41, 5.74) is 17.7. The van der Waals surface area contributed by atoms with Crippen LogP contribution in [0.25, 0.3) is 83.9 Å². The molecule has 0 saturated carbocycles. The molecular weight excluding hydrogens is 1060 g/mol. The van der Waals surface area contributed by atoms with E-state index in [0.717, 1.165) is 78.0 Å². The Morgan fingerprint density at radius 2 is 0.986 bits per heavy atom. The minimum absolute atomic E-state index is 0. The molecule has 0 spiro atoms. The number of rotatable bonds is 8. The van der Waals surface area contributed by atoms with Crippen LogP contribution in [-0.2, 0) is 42.7 Å². The molecule has 0 bridgehead atoms. The molecule has 7 aromatic carbocycles. The van der Waals surface area contributed by atoms with Gasteiger partial charge in [-0.05, 0) is 102 Å². The quantitative estimate of drug-likeness (QED) is 0.154. The topological polar surface area (TPSA) is 50.9 Å². The third-order valence-corrected chi connectivity index (χ3v) is 15.1. The van der Waals surface area contributed by atoms with Gasteiger partial charge in [0.1, 0.15) is 11.6 Å². The Morgan fingerprint density at radius 3 is 1.58 bits per heavy atom. The van der Waals surface area contributed by atoms with Gasteiger partial charge in [-0.25, -0.2) is 4.98 Å². The van der Waals surface area contributed by atoms with E-state index in [9.17, 15) is 5.11 Å². The Bertz CT molecular complexity index is 3410. The standard InChI is InChI=1S/C67H70N3O.Pt/c1-63(2,3)50-32-33-58(54(40-50)44-22-17-15-18-23-44)70-59-27-21-26-53(60(59)69-62(70)56-42-52(65(7,8)9)41-55(61(56)71)45-24-19-16-20-25-45)47-36-48(38-51(37-47)64(4,5)6)57-39-46(34-35-68-57)43-28-30-49(31-29-43)67(13,14)66(10,11)12;/h15-35,37-42,71H,1-14H3;/q-1;. The van der Waals surface area contributed by atoms with Crippen molar-refractivity contribution in [1.82, 2.24) is 14.5 Å². The van der Waals surface area contributed by atoms with Crippen molar-refractivity contribution in [3.63, 3.8) is 0 Å². The molecule has 2 heterocycles. The molecule has 0 unspecified atom stereocenters. The second-order valence-electron chi connectivity index (χ2n) is 24.2. The van der Waals surface area contributed by atoms with E-state index >= 15 is 0 Å². The third-order valence-electron chi connectivity index (χ3n) is 15.1. The molecule has 5 heteroatoms. The number of phenolic OH excluding ortho intramolecular Hbond substituents is 1. The predicted octanol–water partition coefficient (Wildman–Crippen LogP) is 18.1. The zero-order valence-electron chi connectivity index (χ0n) is 44.7. The first-order valence-corrected chi connectivity index (χ1v) is 25.2. The fourth-order valence-corrected chi connectivity index (χ4v) is 9.42. The smallest absolute Gasteiger partial charge is 0.148 e. The van der Waals surface area contributed by atoms with Crippen LogP contribution in [0.4, 0.5) is 0 Å². The molecule has 0 radical (unpaired) electrons. The maximum absolute atomic E-state index is 12.7. The van der Waals surface area contributed by atoms with E-state index in [1.54, 1.807) is 0 Å². The van der Waals surface area contributed by atoms with Gasteiger partial charge in [-0.1, -0.05) is 217 Å². The van der Waals surface area contributed by atoms with Gasteiger partial charge in [-0.15, -0.1) is 29.3 Å². The zero-order chi connectivity index (χ0) is 50.8. The Hall–Kier alpha value is -6.35. The van der Waals surface area contributed by atoms with Crippen LogP contribution in [0.5, 0.6) is 5.75 Å². The summed E-state index contributed by atoms with van der Waals surface area (Å²) in [5, 5.41) is 12.7. The van der Waals surface area contributed by atoms with Crippen LogP contribution in [0.15, 0.2) is 164 Å². The van der Waals surface area contributed by atoms with Crippen LogP contribution in [0, 0.1) is 11.5 Å². The maximum Gasteiger partial charge on any atom is 0.148 e. The number of imidazole rings is 1. The van der Waals surface area contributed by atoms with Crippen molar-refractivity contribution >= 4 is 11.0 Å². The van der Waals surface area contributed by atoms with Gasteiger partial charge in [0.05, 0.1) is 22.3 Å². The number of aromatic nitrogens is 3. The number of phenols is 1. The summed E-state index contributed by atoms with van der Waals surface area (Å²) in [6, 6.07) is 60.1. The molecule has 0 amide bonds. The van der Waals surface area contributed by atoms with Gasteiger partial charge < -0.3 is 5.11 Å². The van der Waals surface area contributed by atoms with Crippen LogP contribution in [0.2, 0.25) is 0 Å². The largest absolute Gasteiger partial charge is 0.507 e.